The number of alkyl halides is 3. The highest BCUT2D eigenvalue weighted by molar-refractivity contribution is 5.76. The lowest BCUT2D eigenvalue weighted by Gasteiger charge is -2.34. The van der Waals surface area contributed by atoms with E-state index in [1.807, 2.05) is 4.90 Å². The van der Waals surface area contributed by atoms with Crippen LogP contribution in [-0.2, 0) is 12.7 Å². The molecule has 0 radical (unpaired) electrons. The van der Waals surface area contributed by atoms with Crippen LogP contribution in [0, 0.1) is 0 Å². The molecule has 1 aliphatic rings. The Morgan fingerprint density at radius 3 is 2.48 bits per heavy atom. The maximum Gasteiger partial charge on any atom is 0.416 e. The number of hydrogen-bond donors (Lipinski definition) is 1. The second kappa shape index (κ2) is 8.34. The quantitative estimate of drug-likeness (QED) is 0.686. The van der Waals surface area contributed by atoms with Crippen molar-refractivity contribution in [2.75, 3.05) is 31.9 Å². The molecule has 11 heteroatoms. The number of amides is 1. The summed E-state index contributed by atoms with van der Waals surface area (Å²) in [5, 5.41) is 3.90. The lowest BCUT2D eigenvalue weighted by atomic mass is 10.0. The van der Waals surface area contributed by atoms with Gasteiger partial charge in [-0.25, -0.2) is 4.79 Å². The van der Waals surface area contributed by atoms with Gasteiger partial charge >= 0.3 is 12.2 Å². The lowest BCUT2D eigenvalue weighted by molar-refractivity contribution is -0.138. The number of benzene rings is 1. The molecule has 3 aromatic rings. The van der Waals surface area contributed by atoms with E-state index in [-0.39, 0.29) is 18.1 Å². The molecule has 0 saturated carbocycles. The summed E-state index contributed by atoms with van der Waals surface area (Å²) in [6.07, 6.45) is 2.66. The number of nitrogen functional groups attached to an aromatic ring is 1. The van der Waals surface area contributed by atoms with Gasteiger partial charge in [0.25, 0.3) is 0 Å². The number of rotatable bonds is 3. The van der Waals surface area contributed by atoms with Gasteiger partial charge in [0, 0.05) is 50.7 Å². The zero-order valence-corrected chi connectivity index (χ0v) is 16.5. The molecule has 2 aromatic heterocycles. The monoisotopic (exact) mass is 431 g/mol. The number of nitrogens with zero attached hydrogens (tertiary/aromatic N) is 6. The van der Waals surface area contributed by atoms with Crippen molar-refractivity contribution < 1.29 is 18.0 Å². The molecule has 0 bridgehead atoms. The van der Waals surface area contributed by atoms with Gasteiger partial charge in [-0.1, -0.05) is 12.1 Å². The molecule has 1 aliphatic heterocycles. The standard InChI is InChI=1S/C20H20F3N7O/c21-20(22,23)17-9-14(18-11-25-3-4-26-18)1-2-15(17)12-28-5-7-29(8-6-28)19(31)30-13-16(24)10-27-30/h1-4,9-11,13H,5-8,12,24H2. The predicted octanol–water partition coefficient (Wildman–Crippen LogP) is 2.73. The highest BCUT2D eigenvalue weighted by Crippen LogP contribution is 2.35. The number of carbonyl (C=O) groups excluding carboxylic acids is 1. The Bertz CT molecular complexity index is 1060. The van der Waals surface area contributed by atoms with Crippen LogP contribution in [0.2, 0.25) is 0 Å². The van der Waals surface area contributed by atoms with Gasteiger partial charge in [-0.05, 0) is 11.6 Å². The van der Waals surface area contributed by atoms with Crippen LogP contribution >= 0.6 is 0 Å². The molecule has 2 N–H and O–H groups in total. The van der Waals surface area contributed by atoms with E-state index in [9.17, 15) is 18.0 Å². The molecule has 162 valence electrons. The maximum absolute atomic E-state index is 13.7. The Labute approximate surface area is 176 Å². The molecule has 1 amide bonds. The van der Waals surface area contributed by atoms with Crippen molar-refractivity contribution in [1.29, 1.82) is 0 Å². The third-order valence-electron chi connectivity index (χ3n) is 5.11. The summed E-state index contributed by atoms with van der Waals surface area (Å²) >= 11 is 0. The van der Waals surface area contributed by atoms with E-state index in [1.165, 1.54) is 37.1 Å². The van der Waals surface area contributed by atoms with Crippen molar-refractivity contribution >= 4 is 11.7 Å². The molecule has 0 atom stereocenters. The number of hydrogen-bond acceptors (Lipinski definition) is 6. The molecule has 31 heavy (non-hydrogen) atoms. The minimum absolute atomic E-state index is 0.131. The second-order valence-corrected chi connectivity index (χ2v) is 7.22. The van der Waals surface area contributed by atoms with E-state index in [4.69, 9.17) is 5.73 Å². The zero-order valence-electron chi connectivity index (χ0n) is 16.5. The molecule has 4 rings (SSSR count). The largest absolute Gasteiger partial charge is 0.416 e. The summed E-state index contributed by atoms with van der Waals surface area (Å²) in [4.78, 5) is 23.9. The van der Waals surface area contributed by atoms with E-state index in [2.05, 4.69) is 15.1 Å². The van der Waals surface area contributed by atoms with E-state index < -0.39 is 11.7 Å². The Hall–Kier alpha value is -3.47. The van der Waals surface area contributed by atoms with Crippen LogP contribution in [-0.4, -0.2) is 61.8 Å². The fraction of sp³-hybridized carbons (Fsp3) is 0.300. The smallest absolute Gasteiger partial charge is 0.396 e. The average Bonchev–Trinajstić information content (AvgIpc) is 3.20. The summed E-state index contributed by atoms with van der Waals surface area (Å²) in [6.45, 7) is 1.80. The molecule has 0 unspecified atom stereocenters. The summed E-state index contributed by atoms with van der Waals surface area (Å²) in [5.74, 6) is 0. The lowest BCUT2D eigenvalue weighted by Crippen LogP contribution is -2.49. The van der Waals surface area contributed by atoms with Gasteiger partial charge < -0.3 is 10.6 Å². The fourth-order valence-electron chi connectivity index (χ4n) is 3.51. The maximum atomic E-state index is 13.7. The Morgan fingerprint density at radius 1 is 1.10 bits per heavy atom. The molecule has 0 aliphatic carbocycles. The Morgan fingerprint density at radius 2 is 1.87 bits per heavy atom. The van der Waals surface area contributed by atoms with Crippen LogP contribution in [0.5, 0.6) is 0 Å². The second-order valence-electron chi connectivity index (χ2n) is 7.22. The van der Waals surface area contributed by atoms with Gasteiger partial charge in [0.2, 0.25) is 0 Å². The van der Waals surface area contributed by atoms with Crippen LogP contribution in [0.15, 0.2) is 49.2 Å². The number of carbonyl (C=O) groups is 1. The van der Waals surface area contributed by atoms with Gasteiger partial charge in [0.05, 0.1) is 35.5 Å². The first-order valence-electron chi connectivity index (χ1n) is 9.59. The van der Waals surface area contributed by atoms with Crippen molar-refractivity contribution in [1.82, 2.24) is 29.5 Å². The first kappa shape index (κ1) is 20.8. The summed E-state index contributed by atoms with van der Waals surface area (Å²) < 4.78 is 42.4. The van der Waals surface area contributed by atoms with Crippen LogP contribution in [0.25, 0.3) is 11.3 Å². The SMILES string of the molecule is Nc1cnn(C(=O)N2CCN(Cc3ccc(-c4cnccn4)cc3C(F)(F)F)CC2)c1. The minimum Gasteiger partial charge on any atom is -0.396 e. The third-order valence-corrected chi connectivity index (χ3v) is 5.11. The van der Waals surface area contributed by atoms with Gasteiger partial charge in [-0.3, -0.25) is 14.9 Å². The Kier molecular flexibility index (Phi) is 5.59. The normalized spacial score (nSPS) is 15.3. The zero-order chi connectivity index (χ0) is 22.0. The van der Waals surface area contributed by atoms with Crippen molar-refractivity contribution in [3.8, 4) is 11.3 Å². The molecule has 3 heterocycles. The van der Waals surface area contributed by atoms with Crippen molar-refractivity contribution in [3.63, 3.8) is 0 Å². The van der Waals surface area contributed by atoms with Crippen LogP contribution in [0.4, 0.5) is 23.7 Å². The average molecular weight is 431 g/mol. The number of aromatic nitrogens is 4. The van der Waals surface area contributed by atoms with Gasteiger partial charge in [-0.15, -0.1) is 0 Å². The van der Waals surface area contributed by atoms with Crippen molar-refractivity contribution in [2.45, 2.75) is 12.7 Å². The first-order valence-corrected chi connectivity index (χ1v) is 9.59. The molecular formula is C20H20F3N7O. The molecule has 8 nitrogen and oxygen atoms in total. The van der Waals surface area contributed by atoms with Crippen LogP contribution in [0.1, 0.15) is 11.1 Å². The van der Waals surface area contributed by atoms with Gasteiger partial charge in [0.1, 0.15) is 0 Å². The van der Waals surface area contributed by atoms with Crippen LogP contribution in [0.3, 0.4) is 0 Å². The third kappa shape index (κ3) is 4.66. The molecule has 1 saturated heterocycles. The highest BCUT2D eigenvalue weighted by atomic mass is 19.4. The van der Waals surface area contributed by atoms with Gasteiger partial charge in [-0.2, -0.15) is 23.0 Å². The molecule has 1 fully saturated rings. The van der Waals surface area contributed by atoms with E-state index in [0.717, 1.165) is 10.7 Å². The number of halogens is 3. The molecule has 0 spiro atoms. The summed E-state index contributed by atoms with van der Waals surface area (Å²) in [7, 11) is 0. The number of nitrogens with two attached hydrogens (primary N) is 1. The van der Waals surface area contributed by atoms with Crippen molar-refractivity contribution in [2.24, 2.45) is 0 Å². The topological polar surface area (TPSA) is 93.2 Å². The Balaban J connectivity index is 1.46. The van der Waals surface area contributed by atoms with E-state index >= 15 is 0 Å². The van der Waals surface area contributed by atoms with Crippen LogP contribution < -0.4 is 5.73 Å². The summed E-state index contributed by atoms with van der Waals surface area (Å²) in [5.41, 5.74) is 6.20. The first-order chi connectivity index (χ1) is 14.8. The predicted molar refractivity (Wildman–Crippen MR) is 107 cm³/mol. The fourth-order valence-corrected chi connectivity index (χ4v) is 3.51. The minimum atomic E-state index is -4.49. The van der Waals surface area contributed by atoms with Crippen molar-refractivity contribution in [3.05, 3.63) is 60.3 Å². The number of anilines is 1. The summed E-state index contributed by atoms with van der Waals surface area (Å²) in [6, 6.07) is 3.91. The molecular weight excluding hydrogens is 411 g/mol. The highest BCUT2D eigenvalue weighted by Gasteiger charge is 2.34. The van der Waals surface area contributed by atoms with E-state index in [1.54, 1.807) is 11.0 Å². The van der Waals surface area contributed by atoms with Gasteiger partial charge in [0.15, 0.2) is 0 Å². The van der Waals surface area contributed by atoms with E-state index in [0.29, 0.717) is 43.1 Å². The molecule has 1 aromatic carbocycles. The number of piperazine rings is 1.